The number of benzene rings is 2. The topological polar surface area (TPSA) is 78.9 Å². The Morgan fingerprint density at radius 1 is 1.31 bits per heavy atom. The number of fused-ring (bicyclic) bond motifs is 1. The highest BCUT2D eigenvalue weighted by atomic mass is 79.9. The van der Waals surface area contributed by atoms with E-state index in [0.717, 1.165) is 43.4 Å². The maximum atomic E-state index is 11.8. The number of carboxylic acids is 1. The first-order valence-corrected chi connectivity index (χ1v) is 12.1. The molecule has 32 heavy (non-hydrogen) atoms. The first-order valence-electron chi connectivity index (χ1n) is 10.1. The molecule has 0 atom stereocenters. The minimum atomic E-state index is -1.08. The summed E-state index contributed by atoms with van der Waals surface area (Å²) in [6, 6.07) is 15.9. The van der Waals surface area contributed by atoms with E-state index >= 15 is 0 Å². The van der Waals surface area contributed by atoms with E-state index in [-0.39, 0.29) is 10.8 Å². The van der Waals surface area contributed by atoms with E-state index in [4.69, 9.17) is 11.6 Å². The van der Waals surface area contributed by atoms with Gasteiger partial charge in [0, 0.05) is 33.1 Å². The Morgan fingerprint density at radius 2 is 2.09 bits per heavy atom. The quantitative estimate of drug-likeness (QED) is 0.276. The molecule has 1 N–H and O–H groups in total. The van der Waals surface area contributed by atoms with Gasteiger partial charge in [0.2, 0.25) is 0 Å². The maximum Gasteiger partial charge on any atom is 0.355 e. The number of hydrogen-bond donors (Lipinski definition) is 1. The Morgan fingerprint density at radius 3 is 2.81 bits per heavy atom. The van der Waals surface area contributed by atoms with Crippen molar-refractivity contribution in [2.75, 3.05) is 0 Å². The molecule has 162 valence electrons. The van der Waals surface area contributed by atoms with Crippen molar-refractivity contribution < 1.29 is 9.90 Å². The second-order valence-corrected chi connectivity index (χ2v) is 9.60. The van der Waals surface area contributed by atoms with Crippen molar-refractivity contribution in [3.8, 4) is 16.5 Å². The number of halogens is 2. The lowest BCUT2D eigenvalue weighted by Crippen LogP contribution is -2.13. The summed E-state index contributed by atoms with van der Waals surface area (Å²) in [4.78, 5) is 17.1. The Balaban J connectivity index is 1.77. The van der Waals surface area contributed by atoms with E-state index in [1.165, 1.54) is 0 Å². The van der Waals surface area contributed by atoms with Gasteiger partial charge < -0.3 is 9.67 Å². The molecular formula is C24H19BrClN3O2S. The number of thiophene rings is 1. The van der Waals surface area contributed by atoms with Crippen molar-refractivity contribution in [2.24, 2.45) is 0 Å². The van der Waals surface area contributed by atoms with Gasteiger partial charge in [0.25, 0.3) is 0 Å². The first kappa shape index (κ1) is 22.5. The number of unbranched alkanes of at least 4 members (excludes halogenated alkanes) is 1. The van der Waals surface area contributed by atoms with E-state index in [9.17, 15) is 15.2 Å². The van der Waals surface area contributed by atoms with Crippen LogP contribution < -0.4 is 0 Å². The molecule has 0 amide bonds. The fourth-order valence-corrected chi connectivity index (χ4v) is 6.02. The van der Waals surface area contributed by atoms with E-state index < -0.39 is 5.97 Å². The molecule has 0 aliphatic carbocycles. The van der Waals surface area contributed by atoms with Crippen LogP contribution in [0.4, 0.5) is 0 Å². The van der Waals surface area contributed by atoms with Gasteiger partial charge in [0.05, 0.1) is 16.5 Å². The second-order valence-electron chi connectivity index (χ2n) is 7.40. The summed E-state index contributed by atoms with van der Waals surface area (Å²) in [5.74, 6) is -0.402. The van der Waals surface area contributed by atoms with Gasteiger partial charge in [-0.05, 0) is 46.1 Å². The molecule has 0 radical (unpaired) electrons. The average Bonchev–Trinajstić information content (AvgIpc) is 3.28. The predicted octanol–water partition coefficient (Wildman–Crippen LogP) is 7.14. The lowest BCUT2D eigenvalue weighted by molar-refractivity contribution is 0.0685. The summed E-state index contributed by atoms with van der Waals surface area (Å²) in [6.07, 6.45) is 2.56. The molecular weight excluding hydrogens is 510 g/mol. The van der Waals surface area contributed by atoms with Crippen LogP contribution in [0.5, 0.6) is 0 Å². The zero-order chi connectivity index (χ0) is 22.8. The molecule has 2 heterocycles. The molecule has 2 aromatic heterocycles. The zero-order valence-corrected chi connectivity index (χ0v) is 20.4. The van der Waals surface area contributed by atoms with Gasteiger partial charge in [-0.3, -0.25) is 0 Å². The third-order valence-electron chi connectivity index (χ3n) is 5.29. The third kappa shape index (κ3) is 4.18. The number of aromatic nitrogens is 2. The van der Waals surface area contributed by atoms with E-state index in [1.807, 2.05) is 36.4 Å². The highest BCUT2D eigenvalue weighted by molar-refractivity contribution is 9.10. The van der Waals surface area contributed by atoms with Crippen molar-refractivity contribution in [2.45, 2.75) is 32.7 Å². The first-order chi connectivity index (χ1) is 15.4. The molecule has 0 aliphatic heterocycles. The molecule has 0 fully saturated rings. The number of carbonyl (C=O) groups is 1. The van der Waals surface area contributed by atoms with Crippen molar-refractivity contribution in [1.29, 1.82) is 5.26 Å². The fourth-order valence-electron chi connectivity index (χ4n) is 3.71. The van der Waals surface area contributed by atoms with E-state index in [2.05, 4.69) is 40.0 Å². The number of aromatic carboxylic acids is 1. The molecule has 0 aliphatic rings. The van der Waals surface area contributed by atoms with Gasteiger partial charge in [-0.1, -0.05) is 49.2 Å². The number of imidazole rings is 1. The van der Waals surface area contributed by atoms with E-state index in [0.29, 0.717) is 24.4 Å². The van der Waals surface area contributed by atoms with Crippen molar-refractivity contribution in [3.63, 3.8) is 0 Å². The summed E-state index contributed by atoms with van der Waals surface area (Å²) < 4.78 is 3.71. The van der Waals surface area contributed by atoms with Gasteiger partial charge in [-0.15, -0.1) is 11.3 Å². The monoisotopic (exact) mass is 527 g/mol. The lowest BCUT2D eigenvalue weighted by Gasteiger charge is -2.10. The van der Waals surface area contributed by atoms with Crippen LogP contribution in [0.2, 0.25) is 5.15 Å². The summed E-state index contributed by atoms with van der Waals surface area (Å²) in [7, 11) is 0. The Kier molecular flexibility index (Phi) is 6.66. The average molecular weight is 529 g/mol. The summed E-state index contributed by atoms with van der Waals surface area (Å²) in [5.41, 5.74) is 2.48. The highest BCUT2D eigenvalue weighted by Gasteiger charge is 2.22. The molecule has 0 saturated carbocycles. The second kappa shape index (κ2) is 9.45. The summed E-state index contributed by atoms with van der Waals surface area (Å²) >= 11 is 11.5. The van der Waals surface area contributed by atoms with Crippen LogP contribution in [0.3, 0.4) is 0 Å². The number of rotatable bonds is 7. The predicted molar refractivity (Wildman–Crippen MR) is 132 cm³/mol. The van der Waals surface area contributed by atoms with Crippen LogP contribution in [0.1, 0.15) is 47.2 Å². The van der Waals surface area contributed by atoms with Gasteiger partial charge in [0.1, 0.15) is 5.82 Å². The van der Waals surface area contributed by atoms with Crippen LogP contribution in [-0.2, 0) is 13.0 Å². The number of carboxylic acid groups (broad SMARTS) is 1. The molecule has 0 saturated heterocycles. The van der Waals surface area contributed by atoms with Crippen molar-refractivity contribution in [1.82, 2.24) is 9.55 Å². The fraction of sp³-hybridized carbons (Fsp3) is 0.208. The van der Waals surface area contributed by atoms with Crippen LogP contribution in [0.15, 0.2) is 46.9 Å². The summed E-state index contributed by atoms with van der Waals surface area (Å²) in [6.45, 7) is 2.44. The van der Waals surface area contributed by atoms with Crippen LogP contribution in [0, 0.1) is 11.3 Å². The maximum absolute atomic E-state index is 11.8. The zero-order valence-electron chi connectivity index (χ0n) is 17.2. The van der Waals surface area contributed by atoms with E-state index in [1.54, 1.807) is 15.9 Å². The Labute approximate surface area is 203 Å². The van der Waals surface area contributed by atoms with Crippen molar-refractivity contribution in [3.05, 3.63) is 74.7 Å². The number of hydrogen-bond acceptors (Lipinski definition) is 4. The summed E-state index contributed by atoms with van der Waals surface area (Å²) in [5, 5.41) is 20.2. The lowest BCUT2D eigenvalue weighted by atomic mass is 10.1. The molecule has 8 heteroatoms. The molecule has 0 bridgehead atoms. The van der Waals surface area contributed by atoms with Crippen LogP contribution >= 0.6 is 38.9 Å². The van der Waals surface area contributed by atoms with Gasteiger partial charge in [0.15, 0.2) is 10.8 Å². The third-order valence-corrected chi connectivity index (χ3v) is 7.84. The van der Waals surface area contributed by atoms with Crippen LogP contribution in [0.25, 0.3) is 20.5 Å². The van der Waals surface area contributed by atoms with Gasteiger partial charge >= 0.3 is 5.97 Å². The minimum Gasteiger partial charge on any atom is -0.476 e. The normalized spacial score (nSPS) is 11.1. The number of aryl methyl sites for hydroxylation is 1. The Bertz CT molecular complexity index is 1370. The number of nitrogens with zero attached hydrogens (tertiary/aromatic N) is 3. The smallest absolute Gasteiger partial charge is 0.355 e. The standard InChI is InChI=1S/C24H19BrClN3O2S/c1-2-3-8-19-28-23(26)21(24(30)31)29(19)13-14-9-10-18-17(11-14)20(25)22(32-18)16-7-5-4-6-15(16)12-27/h4-7,9-11H,2-3,8,13H2,1H3,(H,30,31). The SMILES string of the molecule is CCCCc1nc(Cl)c(C(=O)O)n1Cc1ccc2sc(-c3ccccc3C#N)c(Br)c2c1. The van der Waals surface area contributed by atoms with Crippen LogP contribution in [-0.4, -0.2) is 20.6 Å². The molecule has 0 unspecified atom stereocenters. The minimum absolute atomic E-state index is 0.0193. The van der Waals surface area contributed by atoms with Crippen molar-refractivity contribution >= 4 is 54.9 Å². The number of nitriles is 1. The largest absolute Gasteiger partial charge is 0.476 e. The highest BCUT2D eigenvalue weighted by Crippen LogP contribution is 2.43. The molecule has 2 aromatic carbocycles. The molecule has 4 rings (SSSR count). The van der Waals surface area contributed by atoms with Gasteiger partial charge in [-0.25, -0.2) is 9.78 Å². The molecule has 0 spiro atoms. The Hall–Kier alpha value is -2.66. The molecule has 4 aromatic rings. The molecule has 5 nitrogen and oxygen atoms in total. The van der Waals surface area contributed by atoms with Gasteiger partial charge in [-0.2, -0.15) is 5.26 Å².